The normalized spacial score (nSPS) is 10.5. The van der Waals surface area contributed by atoms with Crippen molar-refractivity contribution < 1.29 is 0 Å². The average Bonchev–Trinajstić information content (AvgIpc) is 2.62. The molecule has 0 fully saturated rings. The van der Waals surface area contributed by atoms with Crippen LogP contribution < -0.4 is 0 Å². The first-order chi connectivity index (χ1) is 7.24. The Morgan fingerprint density at radius 1 is 1.47 bits per heavy atom. The molecule has 0 radical (unpaired) electrons. The third-order valence-electron chi connectivity index (χ3n) is 1.64. The Bertz CT molecular complexity index is 458. The standard InChI is InChI=1S/C9H8ClN3S2/c1-6-2-3-11-9(13-6)14-5-7-4-12-8(10)15-7/h2-4H,5H2,1H3. The van der Waals surface area contributed by atoms with Gasteiger partial charge in [0.15, 0.2) is 9.62 Å². The lowest BCUT2D eigenvalue weighted by molar-refractivity contribution is 0.932. The van der Waals surface area contributed by atoms with Gasteiger partial charge in [-0.25, -0.2) is 15.0 Å². The van der Waals surface area contributed by atoms with Crippen LogP contribution in [0.25, 0.3) is 0 Å². The molecule has 0 aromatic carbocycles. The lowest BCUT2D eigenvalue weighted by atomic mass is 10.5. The minimum Gasteiger partial charge on any atom is -0.233 e. The van der Waals surface area contributed by atoms with Crippen LogP contribution in [0.2, 0.25) is 4.47 Å². The Morgan fingerprint density at radius 2 is 2.33 bits per heavy atom. The first kappa shape index (κ1) is 10.9. The number of thiazole rings is 1. The van der Waals surface area contributed by atoms with Crippen molar-refractivity contribution in [2.75, 3.05) is 0 Å². The molecule has 0 aliphatic carbocycles. The first-order valence-electron chi connectivity index (χ1n) is 4.27. The van der Waals surface area contributed by atoms with Crippen LogP contribution >= 0.6 is 34.7 Å². The van der Waals surface area contributed by atoms with Crippen molar-refractivity contribution in [1.29, 1.82) is 0 Å². The van der Waals surface area contributed by atoms with E-state index in [4.69, 9.17) is 11.6 Å². The van der Waals surface area contributed by atoms with E-state index in [1.54, 1.807) is 24.2 Å². The molecule has 2 rings (SSSR count). The maximum absolute atomic E-state index is 5.73. The van der Waals surface area contributed by atoms with E-state index in [0.29, 0.717) is 4.47 Å². The Morgan fingerprint density at radius 3 is 3.00 bits per heavy atom. The molecule has 15 heavy (non-hydrogen) atoms. The summed E-state index contributed by atoms with van der Waals surface area (Å²) in [5.41, 5.74) is 0.981. The molecule has 0 unspecified atom stereocenters. The van der Waals surface area contributed by atoms with Gasteiger partial charge in [-0.1, -0.05) is 23.4 Å². The molecule has 0 aliphatic heterocycles. The van der Waals surface area contributed by atoms with E-state index < -0.39 is 0 Å². The van der Waals surface area contributed by atoms with Crippen LogP contribution in [0, 0.1) is 6.92 Å². The van der Waals surface area contributed by atoms with Crippen molar-refractivity contribution in [3.8, 4) is 0 Å². The second kappa shape index (κ2) is 4.92. The predicted octanol–water partition coefficient (Wildman–Crippen LogP) is 3.19. The maximum atomic E-state index is 5.73. The molecule has 0 bridgehead atoms. The highest BCUT2D eigenvalue weighted by Gasteiger charge is 2.02. The summed E-state index contributed by atoms with van der Waals surface area (Å²) in [6, 6.07) is 1.88. The summed E-state index contributed by atoms with van der Waals surface area (Å²) < 4.78 is 0.579. The zero-order valence-electron chi connectivity index (χ0n) is 7.98. The summed E-state index contributed by atoms with van der Waals surface area (Å²) in [5, 5.41) is 0.791. The summed E-state index contributed by atoms with van der Waals surface area (Å²) in [4.78, 5) is 13.6. The topological polar surface area (TPSA) is 38.7 Å². The number of hydrogen-bond acceptors (Lipinski definition) is 5. The number of thioether (sulfide) groups is 1. The molecular formula is C9H8ClN3S2. The van der Waals surface area contributed by atoms with Crippen LogP contribution in [0.3, 0.4) is 0 Å². The van der Waals surface area contributed by atoms with Crippen LogP contribution in [0.15, 0.2) is 23.6 Å². The zero-order valence-corrected chi connectivity index (χ0v) is 10.4. The van der Waals surface area contributed by atoms with Crippen molar-refractivity contribution in [2.24, 2.45) is 0 Å². The third kappa shape index (κ3) is 3.15. The fourth-order valence-corrected chi connectivity index (χ4v) is 2.86. The highest BCUT2D eigenvalue weighted by Crippen LogP contribution is 2.25. The second-order valence-electron chi connectivity index (χ2n) is 2.85. The first-order valence-corrected chi connectivity index (χ1v) is 6.45. The fourth-order valence-electron chi connectivity index (χ4n) is 0.981. The van der Waals surface area contributed by atoms with Gasteiger partial charge >= 0.3 is 0 Å². The van der Waals surface area contributed by atoms with Gasteiger partial charge < -0.3 is 0 Å². The molecule has 0 amide bonds. The lowest BCUT2D eigenvalue weighted by Crippen LogP contribution is -1.88. The molecule has 0 aliphatic rings. The Hall–Kier alpha value is -0.650. The number of aromatic nitrogens is 3. The van der Waals surface area contributed by atoms with E-state index in [-0.39, 0.29) is 0 Å². The van der Waals surface area contributed by atoms with Gasteiger partial charge in [0.25, 0.3) is 0 Å². The zero-order chi connectivity index (χ0) is 10.7. The van der Waals surface area contributed by atoms with Crippen LogP contribution in [0.5, 0.6) is 0 Å². The van der Waals surface area contributed by atoms with E-state index in [2.05, 4.69) is 15.0 Å². The summed E-state index contributed by atoms with van der Waals surface area (Å²) in [6.07, 6.45) is 3.56. The largest absolute Gasteiger partial charge is 0.233 e. The van der Waals surface area contributed by atoms with Crippen molar-refractivity contribution in [2.45, 2.75) is 17.8 Å². The number of rotatable bonds is 3. The molecule has 0 N–H and O–H groups in total. The van der Waals surface area contributed by atoms with Crippen LogP contribution in [0.4, 0.5) is 0 Å². The van der Waals surface area contributed by atoms with Crippen molar-refractivity contribution in [3.05, 3.63) is 33.5 Å². The van der Waals surface area contributed by atoms with Gasteiger partial charge in [-0.3, -0.25) is 0 Å². The number of aryl methyl sites for hydroxylation is 1. The van der Waals surface area contributed by atoms with Gasteiger partial charge in [-0.2, -0.15) is 0 Å². The molecule has 0 saturated carbocycles. The highest BCUT2D eigenvalue weighted by atomic mass is 35.5. The van der Waals surface area contributed by atoms with Crippen molar-refractivity contribution in [1.82, 2.24) is 15.0 Å². The Balaban J connectivity index is 1.99. The minimum absolute atomic E-state index is 0.579. The molecular weight excluding hydrogens is 250 g/mol. The molecule has 6 heteroatoms. The molecule has 0 saturated heterocycles. The smallest absolute Gasteiger partial charge is 0.188 e. The van der Waals surface area contributed by atoms with Crippen molar-refractivity contribution >= 4 is 34.7 Å². The third-order valence-corrected chi connectivity index (χ3v) is 3.85. The van der Waals surface area contributed by atoms with Gasteiger partial charge in [0.05, 0.1) is 0 Å². The monoisotopic (exact) mass is 257 g/mol. The fraction of sp³-hybridized carbons (Fsp3) is 0.222. The van der Waals surface area contributed by atoms with Crippen LogP contribution in [-0.2, 0) is 5.75 Å². The summed E-state index contributed by atoms with van der Waals surface area (Å²) in [5.74, 6) is 0.813. The van der Waals surface area contributed by atoms with E-state index in [9.17, 15) is 0 Å². The predicted molar refractivity (Wildman–Crippen MR) is 63.5 cm³/mol. The highest BCUT2D eigenvalue weighted by molar-refractivity contribution is 7.98. The molecule has 3 nitrogen and oxygen atoms in total. The van der Waals surface area contributed by atoms with Gasteiger partial charge in [0.1, 0.15) is 0 Å². The molecule has 78 valence electrons. The number of halogens is 1. The molecule has 2 aromatic rings. The van der Waals surface area contributed by atoms with Crippen LogP contribution in [-0.4, -0.2) is 15.0 Å². The Kier molecular flexibility index (Phi) is 3.56. The summed E-state index contributed by atoms with van der Waals surface area (Å²) in [7, 11) is 0. The van der Waals surface area contributed by atoms with E-state index in [0.717, 1.165) is 21.5 Å². The van der Waals surface area contributed by atoms with E-state index in [1.165, 1.54) is 11.3 Å². The van der Waals surface area contributed by atoms with Gasteiger partial charge in [-0.15, -0.1) is 11.3 Å². The molecule has 0 spiro atoms. The quantitative estimate of drug-likeness (QED) is 0.625. The minimum atomic E-state index is 0.579. The van der Waals surface area contributed by atoms with E-state index in [1.807, 2.05) is 13.0 Å². The molecule has 2 aromatic heterocycles. The molecule has 2 heterocycles. The molecule has 0 atom stereocenters. The van der Waals surface area contributed by atoms with Gasteiger partial charge in [0.2, 0.25) is 0 Å². The van der Waals surface area contributed by atoms with E-state index >= 15 is 0 Å². The Labute approximate surface area is 101 Å². The second-order valence-corrected chi connectivity index (χ2v) is 5.49. The summed E-state index contributed by atoms with van der Waals surface area (Å²) in [6.45, 7) is 1.95. The lowest BCUT2D eigenvalue weighted by Gasteiger charge is -1.97. The van der Waals surface area contributed by atoms with Gasteiger partial charge in [0, 0.05) is 28.7 Å². The number of nitrogens with zero attached hydrogens (tertiary/aromatic N) is 3. The SMILES string of the molecule is Cc1ccnc(SCc2cnc(Cl)s2)n1. The average molecular weight is 258 g/mol. The van der Waals surface area contributed by atoms with Gasteiger partial charge in [-0.05, 0) is 13.0 Å². The summed E-state index contributed by atoms with van der Waals surface area (Å²) >= 11 is 8.81. The van der Waals surface area contributed by atoms with Crippen molar-refractivity contribution in [3.63, 3.8) is 0 Å². The maximum Gasteiger partial charge on any atom is 0.188 e. The number of hydrogen-bond donors (Lipinski definition) is 0. The van der Waals surface area contributed by atoms with Crippen LogP contribution in [0.1, 0.15) is 10.6 Å².